The summed E-state index contributed by atoms with van der Waals surface area (Å²) in [6.07, 6.45) is 2.97. The molecule has 0 unspecified atom stereocenters. The number of benzene rings is 3. The Morgan fingerprint density at radius 1 is 1.09 bits per heavy atom. The van der Waals surface area contributed by atoms with Gasteiger partial charge in [0, 0.05) is 10.4 Å². The number of amides is 1. The maximum Gasteiger partial charge on any atom is 0.262 e. The number of fused-ring (bicyclic) bond motifs is 2. The van der Waals surface area contributed by atoms with Crippen LogP contribution in [0.3, 0.4) is 0 Å². The minimum Gasteiger partial charge on any atom is -0.493 e. The minimum absolute atomic E-state index is 0.191. The SMILES string of the molecule is CCOc1ccc2ccccc2c1/C=N\NC(=O)Cn1cnc2sc(-c3ccccc3)cc2c1=O. The molecule has 35 heavy (non-hydrogen) atoms. The van der Waals surface area contributed by atoms with Crippen molar-refractivity contribution in [1.29, 1.82) is 0 Å². The molecular formula is C27H22N4O3S. The predicted octanol–water partition coefficient (Wildman–Crippen LogP) is 4.83. The lowest BCUT2D eigenvalue weighted by atomic mass is 10.0. The van der Waals surface area contributed by atoms with E-state index in [1.54, 1.807) is 6.21 Å². The Bertz CT molecular complexity index is 1610. The van der Waals surface area contributed by atoms with Gasteiger partial charge in [-0.15, -0.1) is 11.3 Å². The van der Waals surface area contributed by atoms with Gasteiger partial charge >= 0.3 is 0 Å². The lowest BCUT2D eigenvalue weighted by Gasteiger charge is -2.10. The van der Waals surface area contributed by atoms with Gasteiger partial charge in [0.25, 0.3) is 11.5 Å². The smallest absolute Gasteiger partial charge is 0.262 e. The van der Waals surface area contributed by atoms with Crippen LogP contribution in [0.1, 0.15) is 12.5 Å². The van der Waals surface area contributed by atoms with Crippen LogP contribution in [0.25, 0.3) is 31.4 Å². The van der Waals surface area contributed by atoms with Gasteiger partial charge in [-0.1, -0.05) is 60.7 Å². The van der Waals surface area contributed by atoms with Crippen molar-refractivity contribution in [2.24, 2.45) is 5.10 Å². The van der Waals surface area contributed by atoms with Crippen molar-refractivity contribution in [2.45, 2.75) is 13.5 Å². The van der Waals surface area contributed by atoms with Crippen LogP contribution in [0.4, 0.5) is 0 Å². The second-order valence-corrected chi connectivity index (χ2v) is 8.83. The van der Waals surface area contributed by atoms with E-state index in [4.69, 9.17) is 4.74 Å². The first-order valence-corrected chi connectivity index (χ1v) is 12.0. The number of aromatic nitrogens is 2. The largest absolute Gasteiger partial charge is 0.493 e. The molecule has 0 saturated carbocycles. The third kappa shape index (κ3) is 4.69. The highest BCUT2D eigenvalue weighted by molar-refractivity contribution is 7.21. The zero-order valence-corrected chi connectivity index (χ0v) is 19.8. The van der Waals surface area contributed by atoms with E-state index in [0.717, 1.165) is 26.8 Å². The molecule has 3 aromatic carbocycles. The van der Waals surface area contributed by atoms with Crippen molar-refractivity contribution in [2.75, 3.05) is 6.61 Å². The van der Waals surface area contributed by atoms with Gasteiger partial charge in [-0.05, 0) is 35.4 Å². The van der Waals surface area contributed by atoms with Gasteiger partial charge in [0.05, 0.1) is 24.5 Å². The lowest BCUT2D eigenvalue weighted by Crippen LogP contribution is -2.29. The van der Waals surface area contributed by atoms with Crippen molar-refractivity contribution in [3.8, 4) is 16.2 Å². The first-order chi connectivity index (χ1) is 17.1. The monoisotopic (exact) mass is 482 g/mol. The molecule has 5 rings (SSSR count). The van der Waals surface area contributed by atoms with E-state index < -0.39 is 5.91 Å². The highest BCUT2D eigenvalue weighted by atomic mass is 32.1. The molecule has 5 aromatic rings. The molecule has 8 heteroatoms. The fourth-order valence-corrected chi connectivity index (χ4v) is 4.86. The molecule has 1 N–H and O–H groups in total. The highest BCUT2D eigenvalue weighted by Gasteiger charge is 2.12. The number of carbonyl (C=O) groups is 1. The van der Waals surface area contributed by atoms with E-state index in [0.29, 0.717) is 22.6 Å². The fraction of sp³-hybridized carbons (Fsp3) is 0.111. The van der Waals surface area contributed by atoms with E-state index in [1.807, 2.05) is 79.7 Å². The summed E-state index contributed by atoms with van der Waals surface area (Å²) in [6, 6.07) is 23.4. The fourth-order valence-electron chi connectivity index (χ4n) is 3.87. The van der Waals surface area contributed by atoms with Gasteiger partial charge in [0.15, 0.2) is 0 Å². The number of hydrazone groups is 1. The molecule has 0 fully saturated rings. The maximum atomic E-state index is 13.0. The van der Waals surface area contributed by atoms with Gasteiger partial charge in [0.1, 0.15) is 17.1 Å². The van der Waals surface area contributed by atoms with E-state index in [1.165, 1.54) is 22.2 Å². The molecule has 2 aromatic heterocycles. The number of thiophene rings is 1. The average molecular weight is 483 g/mol. The van der Waals surface area contributed by atoms with E-state index in [2.05, 4.69) is 15.5 Å². The zero-order valence-electron chi connectivity index (χ0n) is 19.0. The number of nitrogens with zero attached hydrogens (tertiary/aromatic N) is 3. The van der Waals surface area contributed by atoms with E-state index >= 15 is 0 Å². The minimum atomic E-state index is -0.429. The van der Waals surface area contributed by atoms with Crippen LogP contribution in [0.2, 0.25) is 0 Å². The standard InChI is InChI=1S/C27H22N4O3S/c1-2-34-23-13-12-18-8-6-7-11-20(18)22(23)15-29-30-25(32)16-31-17-28-26-21(27(31)33)14-24(35-26)19-9-4-3-5-10-19/h3-15,17H,2,16H2,1H3,(H,30,32)/b29-15-. The maximum absolute atomic E-state index is 13.0. The molecule has 174 valence electrons. The van der Waals surface area contributed by atoms with Crippen molar-refractivity contribution < 1.29 is 9.53 Å². The predicted molar refractivity (Wildman–Crippen MR) is 140 cm³/mol. The normalized spacial score (nSPS) is 11.3. The molecule has 0 aliphatic carbocycles. The Morgan fingerprint density at radius 3 is 2.71 bits per heavy atom. The Kier molecular flexibility index (Phi) is 6.36. The molecule has 0 bridgehead atoms. The topological polar surface area (TPSA) is 85.6 Å². The second-order valence-electron chi connectivity index (χ2n) is 7.80. The van der Waals surface area contributed by atoms with Crippen molar-refractivity contribution >= 4 is 44.4 Å². The highest BCUT2D eigenvalue weighted by Crippen LogP contribution is 2.30. The molecule has 0 aliphatic rings. The second kappa shape index (κ2) is 9.90. The van der Waals surface area contributed by atoms with Crippen LogP contribution < -0.4 is 15.7 Å². The lowest BCUT2D eigenvalue weighted by molar-refractivity contribution is -0.121. The van der Waals surface area contributed by atoms with Crippen LogP contribution >= 0.6 is 11.3 Å². The Balaban J connectivity index is 1.35. The van der Waals surface area contributed by atoms with Crippen LogP contribution in [0.5, 0.6) is 5.75 Å². The molecule has 0 atom stereocenters. The number of hydrogen-bond acceptors (Lipinski definition) is 6. The molecule has 1 amide bonds. The number of rotatable bonds is 7. The zero-order chi connectivity index (χ0) is 24.2. The summed E-state index contributed by atoms with van der Waals surface area (Å²) in [5, 5.41) is 6.63. The summed E-state index contributed by atoms with van der Waals surface area (Å²) in [6.45, 7) is 2.23. The van der Waals surface area contributed by atoms with Gasteiger partial charge in [0.2, 0.25) is 0 Å². The van der Waals surface area contributed by atoms with Gasteiger partial charge in [-0.3, -0.25) is 14.2 Å². The number of ether oxygens (including phenoxy) is 1. The number of hydrogen-bond donors (Lipinski definition) is 1. The number of carbonyl (C=O) groups excluding carboxylic acids is 1. The van der Waals surface area contributed by atoms with Crippen LogP contribution in [-0.4, -0.2) is 28.3 Å². The summed E-state index contributed by atoms with van der Waals surface area (Å²) in [7, 11) is 0. The van der Waals surface area contributed by atoms with Gasteiger partial charge < -0.3 is 4.74 Å². The third-order valence-corrected chi connectivity index (χ3v) is 6.60. The molecule has 0 radical (unpaired) electrons. The average Bonchev–Trinajstić information content (AvgIpc) is 3.33. The molecular weight excluding hydrogens is 460 g/mol. The molecule has 0 spiro atoms. The molecule has 0 saturated heterocycles. The molecule has 2 heterocycles. The van der Waals surface area contributed by atoms with Crippen LogP contribution in [0.15, 0.2) is 89.0 Å². The van der Waals surface area contributed by atoms with Gasteiger partial charge in [-0.25, -0.2) is 10.4 Å². The summed E-state index contributed by atoms with van der Waals surface area (Å²) in [4.78, 5) is 31.5. The van der Waals surface area contributed by atoms with Crippen molar-refractivity contribution in [3.05, 3.63) is 95.0 Å². The Morgan fingerprint density at radius 2 is 1.89 bits per heavy atom. The first-order valence-electron chi connectivity index (χ1n) is 11.1. The van der Waals surface area contributed by atoms with Crippen LogP contribution in [0, 0.1) is 0 Å². The summed E-state index contributed by atoms with van der Waals surface area (Å²) in [5.41, 5.74) is 4.04. The first kappa shape index (κ1) is 22.5. The summed E-state index contributed by atoms with van der Waals surface area (Å²) >= 11 is 1.45. The van der Waals surface area contributed by atoms with E-state index in [-0.39, 0.29) is 12.1 Å². The molecule has 7 nitrogen and oxygen atoms in total. The Hall–Kier alpha value is -4.30. The van der Waals surface area contributed by atoms with Gasteiger partial charge in [-0.2, -0.15) is 5.10 Å². The summed E-state index contributed by atoms with van der Waals surface area (Å²) < 4.78 is 7.02. The third-order valence-electron chi connectivity index (χ3n) is 5.50. The quantitative estimate of drug-likeness (QED) is 0.266. The van der Waals surface area contributed by atoms with Crippen molar-refractivity contribution in [3.63, 3.8) is 0 Å². The Labute approximate surface area is 205 Å². The van der Waals surface area contributed by atoms with E-state index in [9.17, 15) is 9.59 Å². The van der Waals surface area contributed by atoms with Crippen molar-refractivity contribution in [1.82, 2.24) is 15.0 Å². The number of nitrogens with one attached hydrogen (secondary N) is 1. The van der Waals surface area contributed by atoms with Crippen LogP contribution in [-0.2, 0) is 11.3 Å². The molecule has 0 aliphatic heterocycles. The summed E-state index contributed by atoms with van der Waals surface area (Å²) in [5.74, 6) is 0.253.